The maximum absolute atomic E-state index is 13.0. The summed E-state index contributed by atoms with van der Waals surface area (Å²) in [5, 5.41) is 6.49. The Hall–Kier alpha value is -1.66. The van der Waals surface area contributed by atoms with Crippen molar-refractivity contribution in [3.05, 3.63) is 35.6 Å². The van der Waals surface area contributed by atoms with E-state index < -0.39 is 0 Å². The third kappa shape index (κ3) is 6.45. The van der Waals surface area contributed by atoms with Gasteiger partial charge in [-0.15, -0.1) is 0 Å². The summed E-state index contributed by atoms with van der Waals surface area (Å²) in [5.74, 6) is 0.414. The molecule has 2 atom stereocenters. The smallest absolute Gasteiger partial charge is 0.191 e. The predicted molar refractivity (Wildman–Crippen MR) is 95.8 cm³/mol. The standard InChI is InChI=1S/C18H30FN3O2/c1-18(2,3)16(24-6)12-22-17(20-4)21-11-15(23-5)13-7-9-14(19)10-8-13/h7-10,15-16H,11-12H2,1-6H3,(H2,20,21,22). The average Bonchev–Trinajstić information content (AvgIpc) is 2.54. The Morgan fingerprint density at radius 1 is 1.08 bits per heavy atom. The molecule has 5 nitrogen and oxygen atoms in total. The molecule has 136 valence electrons. The Morgan fingerprint density at radius 2 is 1.67 bits per heavy atom. The summed E-state index contributed by atoms with van der Waals surface area (Å²) < 4.78 is 24.0. The van der Waals surface area contributed by atoms with E-state index in [0.717, 1.165) is 5.56 Å². The monoisotopic (exact) mass is 339 g/mol. The minimum absolute atomic E-state index is 0.0315. The first-order valence-electron chi connectivity index (χ1n) is 8.07. The van der Waals surface area contributed by atoms with Crippen LogP contribution in [0.3, 0.4) is 0 Å². The third-order valence-electron chi connectivity index (χ3n) is 3.91. The molecule has 6 heteroatoms. The fraction of sp³-hybridized carbons (Fsp3) is 0.611. The first kappa shape index (κ1) is 20.4. The van der Waals surface area contributed by atoms with Crippen LogP contribution in [0.15, 0.2) is 29.3 Å². The second-order valence-electron chi connectivity index (χ2n) is 6.70. The zero-order chi connectivity index (χ0) is 18.2. The third-order valence-corrected chi connectivity index (χ3v) is 3.91. The van der Waals surface area contributed by atoms with Crippen molar-refractivity contribution >= 4 is 5.96 Å². The molecule has 1 aromatic carbocycles. The Labute approximate surface area is 144 Å². The highest BCUT2D eigenvalue weighted by molar-refractivity contribution is 5.79. The van der Waals surface area contributed by atoms with E-state index in [1.54, 1.807) is 33.4 Å². The number of benzene rings is 1. The van der Waals surface area contributed by atoms with Crippen molar-refractivity contribution in [3.63, 3.8) is 0 Å². The normalized spacial score (nSPS) is 15.0. The highest BCUT2D eigenvalue weighted by Gasteiger charge is 2.24. The molecule has 1 rings (SSSR count). The lowest BCUT2D eigenvalue weighted by Gasteiger charge is -2.30. The number of nitrogens with zero attached hydrogens (tertiary/aromatic N) is 1. The fourth-order valence-corrected chi connectivity index (χ4v) is 2.36. The first-order valence-corrected chi connectivity index (χ1v) is 8.07. The molecule has 2 unspecified atom stereocenters. The lowest BCUT2D eigenvalue weighted by atomic mass is 9.89. The van der Waals surface area contributed by atoms with Crippen LogP contribution in [-0.2, 0) is 9.47 Å². The fourth-order valence-electron chi connectivity index (χ4n) is 2.36. The van der Waals surface area contributed by atoms with Crippen molar-refractivity contribution < 1.29 is 13.9 Å². The number of hydrogen-bond donors (Lipinski definition) is 2. The second-order valence-corrected chi connectivity index (χ2v) is 6.70. The number of guanidine groups is 1. The van der Waals surface area contributed by atoms with E-state index in [1.807, 2.05) is 0 Å². The molecule has 0 aliphatic rings. The van der Waals surface area contributed by atoms with E-state index in [-0.39, 0.29) is 23.4 Å². The largest absolute Gasteiger partial charge is 0.379 e. The average molecular weight is 339 g/mol. The van der Waals surface area contributed by atoms with Gasteiger partial charge in [0.05, 0.1) is 12.2 Å². The van der Waals surface area contributed by atoms with Crippen LogP contribution in [0.25, 0.3) is 0 Å². The molecule has 0 spiro atoms. The van der Waals surface area contributed by atoms with Crippen LogP contribution in [0.5, 0.6) is 0 Å². The van der Waals surface area contributed by atoms with Gasteiger partial charge in [-0.2, -0.15) is 0 Å². The summed E-state index contributed by atoms with van der Waals surface area (Å²) in [6, 6.07) is 6.31. The molecule has 0 fully saturated rings. The molecule has 1 aromatic rings. The number of aliphatic imine (C=N–C) groups is 1. The minimum Gasteiger partial charge on any atom is -0.379 e. The molecular formula is C18H30FN3O2. The summed E-state index contributed by atoms with van der Waals surface area (Å²) in [6.07, 6.45) is -0.128. The van der Waals surface area contributed by atoms with Crippen LogP contribution in [0.4, 0.5) is 4.39 Å². The quantitative estimate of drug-likeness (QED) is 0.592. The van der Waals surface area contributed by atoms with Crippen LogP contribution >= 0.6 is 0 Å². The maximum Gasteiger partial charge on any atom is 0.191 e. The number of rotatable bonds is 7. The molecule has 0 bridgehead atoms. The minimum atomic E-state index is -0.258. The van der Waals surface area contributed by atoms with Crippen molar-refractivity contribution in [2.24, 2.45) is 10.4 Å². The molecule has 0 aliphatic heterocycles. The highest BCUT2D eigenvalue weighted by atomic mass is 19.1. The first-order chi connectivity index (χ1) is 11.3. The molecule has 0 amide bonds. The van der Waals surface area contributed by atoms with Gasteiger partial charge in [-0.05, 0) is 23.1 Å². The second kappa shape index (κ2) is 9.59. The zero-order valence-corrected chi connectivity index (χ0v) is 15.5. The molecule has 0 aromatic heterocycles. The Kier molecular flexibility index (Phi) is 8.15. The van der Waals surface area contributed by atoms with E-state index in [2.05, 4.69) is 36.4 Å². The van der Waals surface area contributed by atoms with Crippen LogP contribution in [0.1, 0.15) is 32.4 Å². The highest BCUT2D eigenvalue weighted by Crippen LogP contribution is 2.21. The predicted octanol–water partition coefficient (Wildman–Crippen LogP) is 2.74. The Morgan fingerprint density at radius 3 is 2.12 bits per heavy atom. The molecule has 24 heavy (non-hydrogen) atoms. The molecule has 0 heterocycles. The van der Waals surface area contributed by atoms with E-state index in [9.17, 15) is 4.39 Å². The maximum atomic E-state index is 13.0. The Balaban J connectivity index is 2.57. The van der Waals surface area contributed by atoms with Crippen LogP contribution in [0.2, 0.25) is 0 Å². The van der Waals surface area contributed by atoms with Crippen LogP contribution < -0.4 is 10.6 Å². The van der Waals surface area contributed by atoms with Crippen LogP contribution in [-0.4, -0.2) is 46.4 Å². The van der Waals surface area contributed by atoms with Gasteiger partial charge in [0.1, 0.15) is 5.82 Å². The van der Waals surface area contributed by atoms with Crippen LogP contribution in [0, 0.1) is 11.2 Å². The topological polar surface area (TPSA) is 54.9 Å². The van der Waals surface area contributed by atoms with Gasteiger partial charge in [0, 0.05) is 34.4 Å². The molecule has 0 radical (unpaired) electrons. The van der Waals surface area contributed by atoms with Gasteiger partial charge in [-0.3, -0.25) is 4.99 Å². The number of ether oxygens (including phenoxy) is 2. The summed E-state index contributed by atoms with van der Waals surface area (Å²) in [6.45, 7) is 7.57. The molecule has 2 N–H and O–H groups in total. The van der Waals surface area contributed by atoms with E-state index in [1.165, 1.54) is 12.1 Å². The summed E-state index contributed by atoms with van der Waals surface area (Å²) >= 11 is 0. The van der Waals surface area contributed by atoms with Gasteiger partial charge in [0.2, 0.25) is 0 Å². The van der Waals surface area contributed by atoms with Gasteiger partial charge < -0.3 is 20.1 Å². The van der Waals surface area contributed by atoms with Gasteiger partial charge in [0.25, 0.3) is 0 Å². The number of methoxy groups -OCH3 is 2. The zero-order valence-electron chi connectivity index (χ0n) is 15.5. The van der Waals surface area contributed by atoms with Gasteiger partial charge >= 0.3 is 0 Å². The van der Waals surface area contributed by atoms with E-state index in [4.69, 9.17) is 9.47 Å². The van der Waals surface area contributed by atoms with Crippen molar-refractivity contribution in [1.82, 2.24) is 10.6 Å². The molecule has 0 saturated carbocycles. The number of halogens is 1. The number of hydrogen-bond acceptors (Lipinski definition) is 3. The molecule has 0 aliphatic carbocycles. The van der Waals surface area contributed by atoms with Gasteiger partial charge in [-0.25, -0.2) is 4.39 Å². The molecular weight excluding hydrogens is 309 g/mol. The lowest BCUT2D eigenvalue weighted by molar-refractivity contribution is 0.0204. The summed E-state index contributed by atoms with van der Waals surface area (Å²) in [4.78, 5) is 4.21. The lowest BCUT2D eigenvalue weighted by Crippen LogP contribution is -2.46. The van der Waals surface area contributed by atoms with Crippen molar-refractivity contribution in [2.75, 3.05) is 34.4 Å². The van der Waals surface area contributed by atoms with Crippen molar-refractivity contribution in [1.29, 1.82) is 0 Å². The van der Waals surface area contributed by atoms with Crippen molar-refractivity contribution in [3.8, 4) is 0 Å². The Bertz CT molecular complexity index is 512. The summed E-state index contributed by atoms with van der Waals surface area (Å²) in [7, 11) is 5.06. The van der Waals surface area contributed by atoms with E-state index >= 15 is 0 Å². The summed E-state index contributed by atoms with van der Waals surface area (Å²) in [5.41, 5.74) is 0.940. The molecule has 0 saturated heterocycles. The van der Waals surface area contributed by atoms with Gasteiger partial charge in [-0.1, -0.05) is 32.9 Å². The van der Waals surface area contributed by atoms with Gasteiger partial charge in [0.15, 0.2) is 5.96 Å². The van der Waals surface area contributed by atoms with Crippen molar-refractivity contribution in [2.45, 2.75) is 33.0 Å². The number of nitrogens with one attached hydrogen (secondary N) is 2. The van der Waals surface area contributed by atoms with E-state index in [0.29, 0.717) is 19.0 Å². The SMILES string of the molecule is CN=C(NCC(OC)c1ccc(F)cc1)NCC(OC)C(C)(C)C.